The minimum absolute atomic E-state index is 0. The van der Waals surface area contributed by atoms with E-state index in [2.05, 4.69) is 36.5 Å². The van der Waals surface area contributed by atoms with Gasteiger partial charge in [-0.2, -0.15) is 0 Å². The van der Waals surface area contributed by atoms with Gasteiger partial charge in [-0.1, -0.05) is 30.3 Å². The van der Waals surface area contributed by atoms with Crippen molar-refractivity contribution in [2.24, 2.45) is 0 Å². The second-order valence-corrected chi connectivity index (χ2v) is 5.75. The van der Waals surface area contributed by atoms with Crippen LogP contribution in [0.5, 0.6) is 0 Å². The van der Waals surface area contributed by atoms with E-state index in [1.807, 2.05) is 11.0 Å². The highest BCUT2D eigenvalue weighted by molar-refractivity contribution is 5.85. The van der Waals surface area contributed by atoms with Crippen LogP contribution in [0.2, 0.25) is 0 Å². The van der Waals surface area contributed by atoms with Crippen LogP contribution in [0.3, 0.4) is 0 Å². The van der Waals surface area contributed by atoms with Crippen LogP contribution in [-0.4, -0.2) is 49.2 Å². The van der Waals surface area contributed by atoms with Gasteiger partial charge < -0.3 is 15.0 Å². The Balaban J connectivity index is 0.00000161. The first-order valence-corrected chi connectivity index (χ1v) is 7.43. The average molecular weight is 311 g/mol. The molecule has 0 bridgehead atoms. The molecule has 2 heterocycles. The van der Waals surface area contributed by atoms with Gasteiger partial charge in [0.15, 0.2) is 0 Å². The minimum atomic E-state index is -0.305. The summed E-state index contributed by atoms with van der Waals surface area (Å²) in [6.45, 7) is 5.05. The normalized spacial score (nSPS) is 29.0. The fraction of sp³-hybridized carbons (Fsp3) is 0.562. The van der Waals surface area contributed by atoms with Gasteiger partial charge in [-0.25, -0.2) is 0 Å². The van der Waals surface area contributed by atoms with Crippen molar-refractivity contribution >= 4 is 18.3 Å². The highest BCUT2D eigenvalue weighted by atomic mass is 35.5. The molecule has 21 heavy (non-hydrogen) atoms. The summed E-state index contributed by atoms with van der Waals surface area (Å²) in [5.74, 6) is 0.592. The molecule has 1 aromatic rings. The zero-order valence-electron chi connectivity index (χ0n) is 12.3. The molecule has 5 heteroatoms. The molecule has 2 aliphatic heterocycles. The largest absolute Gasteiger partial charge is 0.366 e. The Hall–Kier alpha value is -1.10. The van der Waals surface area contributed by atoms with E-state index >= 15 is 0 Å². The molecular weight excluding hydrogens is 288 g/mol. The number of likely N-dealkylation sites (tertiary alicyclic amines) is 1. The molecule has 0 aromatic heterocycles. The van der Waals surface area contributed by atoms with Crippen LogP contribution >= 0.6 is 12.4 Å². The first kappa shape index (κ1) is 16.3. The van der Waals surface area contributed by atoms with Gasteiger partial charge in [0.2, 0.25) is 0 Å². The zero-order valence-corrected chi connectivity index (χ0v) is 13.1. The number of ether oxygens (including phenoxy) is 1. The van der Waals surface area contributed by atoms with E-state index in [1.165, 1.54) is 5.56 Å². The molecular formula is C16H23ClN2O2. The molecule has 3 rings (SSSR count). The molecule has 3 unspecified atom stereocenters. The molecule has 4 nitrogen and oxygen atoms in total. The second kappa shape index (κ2) is 7.25. The third-order valence-electron chi connectivity index (χ3n) is 4.33. The maximum absolute atomic E-state index is 12.5. The lowest BCUT2D eigenvalue weighted by Gasteiger charge is -2.29. The molecule has 2 saturated heterocycles. The van der Waals surface area contributed by atoms with Gasteiger partial charge >= 0.3 is 0 Å². The SMILES string of the molecule is CC1CC(c2ccccc2)CN1C(=O)C1CNCCO1.Cl. The van der Waals surface area contributed by atoms with Crippen molar-refractivity contribution in [1.29, 1.82) is 0 Å². The van der Waals surface area contributed by atoms with Crippen molar-refractivity contribution in [3.63, 3.8) is 0 Å². The predicted octanol–water partition coefficient (Wildman–Crippen LogP) is 1.80. The van der Waals surface area contributed by atoms with Crippen molar-refractivity contribution in [3.8, 4) is 0 Å². The third kappa shape index (κ3) is 3.57. The lowest BCUT2D eigenvalue weighted by atomic mass is 9.97. The van der Waals surface area contributed by atoms with Crippen molar-refractivity contribution in [2.75, 3.05) is 26.2 Å². The molecule has 0 radical (unpaired) electrons. The van der Waals surface area contributed by atoms with Gasteiger partial charge in [0.25, 0.3) is 5.91 Å². The molecule has 0 spiro atoms. The third-order valence-corrected chi connectivity index (χ3v) is 4.33. The molecule has 0 aliphatic carbocycles. The first-order valence-electron chi connectivity index (χ1n) is 7.43. The zero-order chi connectivity index (χ0) is 13.9. The quantitative estimate of drug-likeness (QED) is 0.906. The van der Waals surface area contributed by atoms with Crippen LogP contribution in [0, 0.1) is 0 Å². The Labute approximate surface area is 132 Å². The maximum atomic E-state index is 12.5. The first-order chi connectivity index (χ1) is 9.75. The number of morpholine rings is 1. The summed E-state index contributed by atoms with van der Waals surface area (Å²) in [4.78, 5) is 14.5. The van der Waals surface area contributed by atoms with E-state index in [0.717, 1.165) is 19.5 Å². The van der Waals surface area contributed by atoms with Crippen LogP contribution in [0.4, 0.5) is 0 Å². The van der Waals surface area contributed by atoms with Crippen molar-refractivity contribution < 1.29 is 9.53 Å². The molecule has 3 atom stereocenters. The number of hydrogen-bond acceptors (Lipinski definition) is 3. The van der Waals surface area contributed by atoms with Crippen LogP contribution in [0.1, 0.15) is 24.8 Å². The number of nitrogens with one attached hydrogen (secondary N) is 1. The van der Waals surface area contributed by atoms with E-state index in [9.17, 15) is 4.79 Å². The summed E-state index contributed by atoms with van der Waals surface area (Å²) in [7, 11) is 0. The fourth-order valence-electron chi connectivity index (χ4n) is 3.21. The Morgan fingerprint density at radius 2 is 2.10 bits per heavy atom. The monoisotopic (exact) mass is 310 g/mol. The average Bonchev–Trinajstić information content (AvgIpc) is 2.90. The lowest BCUT2D eigenvalue weighted by Crippen LogP contribution is -2.50. The highest BCUT2D eigenvalue weighted by Gasteiger charge is 2.36. The predicted molar refractivity (Wildman–Crippen MR) is 84.8 cm³/mol. The molecule has 1 N–H and O–H groups in total. The maximum Gasteiger partial charge on any atom is 0.253 e. The van der Waals surface area contributed by atoms with Crippen LogP contribution in [-0.2, 0) is 9.53 Å². The molecule has 2 fully saturated rings. The number of amides is 1. The van der Waals surface area contributed by atoms with E-state index in [1.54, 1.807) is 0 Å². The van der Waals surface area contributed by atoms with Crippen molar-refractivity contribution in [2.45, 2.75) is 31.4 Å². The summed E-state index contributed by atoms with van der Waals surface area (Å²) in [6, 6.07) is 10.8. The van der Waals surface area contributed by atoms with Gasteiger partial charge in [-0.15, -0.1) is 12.4 Å². The summed E-state index contributed by atoms with van der Waals surface area (Å²) in [5, 5.41) is 3.22. The second-order valence-electron chi connectivity index (χ2n) is 5.75. The molecule has 2 aliphatic rings. The van der Waals surface area contributed by atoms with Gasteiger partial charge in [-0.05, 0) is 18.9 Å². The smallest absolute Gasteiger partial charge is 0.253 e. The Kier molecular flexibility index (Phi) is 5.62. The topological polar surface area (TPSA) is 41.6 Å². The van der Waals surface area contributed by atoms with Gasteiger partial charge in [-0.3, -0.25) is 4.79 Å². The number of benzene rings is 1. The number of hydrogen-bond donors (Lipinski definition) is 1. The summed E-state index contributed by atoms with van der Waals surface area (Å²) in [5.41, 5.74) is 1.33. The van der Waals surface area contributed by atoms with E-state index < -0.39 is 0 Å². The standard InChI is InChI=1S/C16H22N2O2.ClH/c1-12-9-14(13-5-3-2-4-6-13)11-18(12)16(19)15-10-17-7-8-20-15;/h2-6,12,14-15,17H,7-11H2,1H3;1H. The Bertz CT molecular complexity index is 463. The minimum Gasteiger partial charge on any atom is -0.366 e. The van der Waals surface area contributed by atoms with Crippen molar-refractivity contribution in [1.82, 2.24) is 10.2 Å². The number of halogens is 1. The van der Waals surface area contributed by atoms with Crippen LogP contribution < -0.4 is 5.32 Å². The number of rotatable bonds is 2. The molecule has 0 saturated carbocycles. The van der Waals surface area contributed by atoms with Gasteiger partial charge in [0, 0.05) is 31.6 Å². The molecule has 1 amide bonds. The fourth-order valence-corrected chi connectivity index (χ4v) is 3.21. The molecule has 116 valence electrons. The van der Waals surface area contributed by atoms with E-state index in [4.69, 9.17) is 4.74 Å². The van der Waals surface area contributed by atoms with Crippen LogP contribution in [0.25, 0.3) is 0 Å². The van der Waals surface area contributed by atoms with Gasteiger partial charge in [0.1, 0.15) is 6.10 Å². The highest BCUT2D eigenvalue weighted by Crippen LogP contribution is 2.32. The number of carbonyl (C=O) groups is 1. The lowest BCUT2D eigenvalue weighted by molar-refractivity contribution is -0.145. The number of nitrogens with zero attached hydrogens (tertiary/aromatic N) is 1. The summed E-state index contributed by atoms with van der Waals surface area (Å²) in [6.07, 6.45) is 0.733. The summed E-state index contributed by atoms with van der Waals surface area (Å²) >= 11 is 0. The van der Waals surface area contributed by atoms with Gasteiger partial charge in [0.05, 0.1) is 6.61 Å². The van der Waals surface area contributed by atoms with Crippen LogP contribution in [0.15, 0.2) is 30.3 Å². The van der Waals surface area contributed by atoms with Crippen molar-refractivity contribution in [3.05, 3.63) is 35.9 Å². The Morgan fingerprint density at radius 3 is 2.76 bits per heavy atom. The Morgan fingerprint density at radius 1 is 1.33 bits per heavy atom. The molecule has 1 aromatic carbocycles. The van der Waals surface area contributed by atoms with E-state index in [0.29, 0.717) is 25.1 Å². The number of carbonyl (C=O) groups excluding carboxylic acids is 1. The summed E-state index contributed by atoms with van der Waals surface area (Å²) < 4.78 is 5.59. The van der Waals surface area contributed by atoms with E-state index in [-0.39, 0.29) is 24.4 Å².